The molecule has 0 aromatic carbocycles. The topological polar surface area (TPSA) is 301 Å². The number of amides is 5. The van der Waals surface area contributed by atoms with E-state index in [1.807, 2.05) is 0 Å². The van der Waals surface area contributed by atoms with Crippen LogP contribution in [-0.2, 0) is 28.8 Å². The lowest BCUT2D eigenvalue weighted by atomic mass is 10.0. The van der Waals surface area contributed by atoms with Crippen molar-refractivity contribution in [2.24, 2.45) is 39.6 Å². The van der Waals surface area contributed by atoms with Gasteiger partial charge in [-0.15, -0.1) is 0 Å². The van der Waals surface area contributed by atoms with Gasteiger partial charge >= 0.3 is 5.97 Å². The zero-order chi connectivity index (χ0) is 28.7. The number of nitrogens with two attached hydrogens (primary N) is 5. The summed E-state index contributed by atoms with van der Waals surface area (Å²) >= 11 is 0. The molecule has 0 saturated carbocycles. The van der Waals surface area contributed by atoms with Crippen molar-refractivity contribution < 1.29 is 33.9 Å². The first kappa shape index (κ1) is 33.0. The highest BCUT2D eigenvalue weighted by atomic mass is 16.4. The van der Waals surface area contributed by atoms with Crippen molar-refractivity contribution in [2.45, 2.75) is 76.5 Å². The molecule has 0 spiro atoms. The molecule has 16 heteroatoms. The number of hydrogen-bond donors (Lipinski definition) is 9. The molecule has 0 heterocycles. The minimum absolute atomic E-state index is 0.0325. The van der Waals surface area contributed by atoms with Crippen molar-refractivity contribution in [3.05, 3.63) is 0 Å². The fourth-order valence-electron chi connectivity index (χ4n) is 3.08. The van der Waals surface area contributed by atoms with Gasteiger partial charge in [0.25, 0.3) is 0 Å². The number of aliphatic carboxylic acids is 1. The number of hydrogen-bond acceptors (Lipinski definition) is 8. The van der Waals surface area contributed by atoms with E-state index in [2.05, 4.69) is 20.9 Å². The van der Waals surface area contributed by atoms with Gasteiger partial charge in [-0.1, -0.05) is 13.8 Å². The SMILES string of the molecule is CC(C)C(NC(=O)C(CCC(N)=O)NC(=O)C(CCCN=C(N)N)NC(=O)C(N)CCC(N)=O)C(=O)O. The van der Waals surface area contributed by atoms with E-state index in [-0.39, 0.29) is 51.0 Å². The molecule has 0 aliphatic carbocycles. The predicted octanol–water partition coefficient (Wildman–Crippen LogP) is -3.91. The Morgan fingerprint density at radius 1 is 0.757 bits per heavy atom. The van der Waals surface area contributed by atoms with Crippen LogP contribution in [0.15, 0.2) is 4.99 Å². The Hall–Kier alpha value is -3.95. The van der Waals surface area contributed by atoms with Crippen molar-refractivity contribution in [3.8, 4) is 0 Å². The summed E-state index contributed by atoms with van der Waals surface area (Å²) in [6, 6.07) is -4.93. The highest BCUT2D eigenvalue weighted by molar-refractivity contribution is 5.94. The number of aliphatic imine (C=N–C) groups is 1. The average Bonchev–Trinajstić information content (AvgIpc) is 2.78. The van der Waals surface area contributed by atoms with E-state index in [4.69, 9.17) is 28.7 Å². The molecule has 0 aromatic heterocycles. The zero-order valence-electron chi connectivity index (χ0n) is 21.1. The highest BCUT2D eigenvalue weighted by Gasteiger charge is 2.31. The van der Waals surface area contributed by atoms with Crippen LogP contribution in [0.25, 0.3) is 0 Å². The maximum absolute atomic E-state index is 13.1. The van der Waals surface area contributed by atoms with Crippen molar-refractivity contribution >= 4 is 41.5 Å². The minimum atomic E-state index is -1.33. The molecule has 210 valence electrons. The summed E-state index contributed by atoms with van der Waals surface area (Å²) in [6.07, 6.45) is -0.420. The summed E-state index contributed by atoms with van der Waals surface area (Å²) in [5.74, 6) is -5.71. The molecule has 37 heavy (non-hydrogen) atoms. The molecule has 14 N–H and O–H groups in total. The number of nitrogens with zero attached hydrogens (tertiary/aromatic N) is 1. The van der Waals surface area contributed by atoms with Crippen molar-refractivity contribution in [2.75, 3.05) is 6.54 Å². The molecular formula is C21H39N9O7. The summed E-state index contributed by atoms with van der Waals surface area (Å²) in [5.41, 5.74) is 26.6. The molecular weight excluding hydrogens is 490 g/mol. The quantitative estimate of drug-likeness (QED) is 0.0472. The molecule has 0 bridgehead atoms. The second kappa shape index (κ2) is 16.7. The van der Waals surface area contributed by atoms with E-state index in [1.165, 1.54) is 0 Å². The number of rotatable bonds is 18. The van der Waals surface area contributed by atoms with Gasteiger partial charge < -0.3 is 49.7 Å². The average molecular weight is 530 g/mol. The van der Waals surface area contributed by atoms with E-state index < -0.39 is 65.6 Å². The predicted molar refractivity (Wildman–Crippen MR) is 133 cm³/mol. The summed E-state index contributed by atoms with van der Waals surface area (Å²) in [5, 5.41) is 16.6. The Labute approximate surface area is 214 Å². The third kappa shape index (κ3) is 14.3. The van der Waals surface area contributed by atoms with Crippen molar-refractivity contribution in [3.63, 3.8) is 0 Å². The van der Waals surface area contributed by atoms with Crippen LogP contribution in [0.4, 0.5) is 0 Å². The molecule has 0 aliphatic heterocycles. The number of primary amides is 2. The second-order valence-electron chi connectivity index (χ2n) is 8.76. The first-order valence-electron chi connectivity index (χ1n) is 11.7. The molecule has 0 radical (unpaired) electrons. The molecule has 0 aromatic rings. The lowest BCUT2D eigenvalue weighted by Gasteiger charge is -2.26. The third-order valence-corrected chi connectivity index (χ3v) is 5.16. The molecule has 0 rings (SSSR count). The van der Waals surface area contributed by atoms with Crippen LogP contribution in [-0.4, -0.2) is 77.3 Å². The lowest BCUT2D eigenvalue weighted by molar-refractivity contribution is -0.143. The number of carbonyl (C=O) groups is 6. The lowest BCUT2D eigenvalue weighted by Crippen LogP contribution is -2.57. The van der Waals surface area contributed by atoms with Crippen LogP contribution in [0.3, 0.4) is 0 Å². The Morgan fingerprint density at radius 2 is 1.24 bits per heavy atom. The first-order chi connectivity index (χ1) is 17.1. The third-order valence-electron chi connectivity index (χ3n) is 5.16. The van der Waals surface area contributed by atoms with E-state index in [1.54, 1.807) is 13.8 Å². The van der Waals surface area contributed by atoms with Crippen LogP contribution < -0.4 is 44.6 Å². The minimum Gasteiger partial charge on any atom is -0.480 e. The Balaban J connectivity index is 5.67. The summed E-state index contributed by atoms with van der Waals surface area (Å²) in [6.45, 7) is 3.30. The van der Waals surface area contributed by atoms with Crippen LogP contribution in [0.2, 0.25) is 0 Å². The van der Waals surface area contributed by atoms with E-state index >= 15 is 0 Å². The van der Waals surface area contributed by atoms with Gasteiger partial charge in [-0.05, 0) is 31.6 Å². The van der Waals surface area contributed by atoms with Gasteiger partial charge in [0.15, 0.2) is 5.96 Å². The second-order valence-corrected chi connectivity index (χ2v) is 8.76. The monoisotopic (exact) mass is 529 g/mol. The molecule has 16 nitrogen and oxygen atoms in total. The van der Waals surface area contributed by atoms with Crippen molar-refractivity contribution in [1.82, 2.24) is 16.0 Å². The number of carbonyl (C=O) groups excluding carboxylic acids is 5. The van der Waals surface area contributed by atoms with Gasteiger partial charge in [0.05, 0.1) is 6.04 Å². The number of carboxylic acid groups (broad SMARTS) is 1. The first-order valence-corrected chi connectivity index (χ1v) is 11.7. The Bertz CT molecular complexity index is 859. The van der Waals surface area contributed by atoms with Gasteiger partial charge in [0.2, 0.25) is 29.5 Å². The van der Waals surface area contributed by atoms with E-state index in [0.29, 0.717) is 0 Å². The van der Waals surface area contributed by atoms with Crippen LogP contribution in [0.5, 0.6) is 0 Å². The standard InChI is InChI=1S/C21H39N9O7/c1-10(2)16(20(36)37)30-19(35)13(6-8-15(24)32)29-18(34)12(4-3-9-27-21(25)26)28-17(33)11(22)5-7-14(23)31/h10-13,16H,3-9,22H2,1-2H3,(H2,23,31)(H2,24,32)(H,28,33)(H,29,34)(H,30,35)(H,36,37)(H4,25,26,27). The normalized spacial score (nSPS) is 13.9. The Kier molecular flexibility index (Phi) is 14.9. The van der Waals surface area contributed by atoms with Crippen LogP contribution in [0, 0.1) is 5.92 Å². The van der Waals surface area contributed by atoms with Crippen LogP contribution in [0.1, 0.15) is 52.4 Å². The molecule has 5 amide bonds. The maximum atomic E-state index is 13.1. The number of carboxylic acids is 1. The fourth-order valence-corrected chi connectivity index (χ4v) is 3.08. The molecule has 4 unspecified atom stereocenters. The van der Waals surface area contributed by atoms with Gasteiger partial charge in [-0.2, -0.15) is 0 Å². The van der Waals surface area contributed by atoms with E-state index in [9.17, 15) is 33.9 Å². The largest absolute Gasteiger partial charge is 0.480 e. The molecule has 0 fully saturated rings. The summed E-state index contributed by atoms with van der Waals surface area (Å²) in [4.78, 5) is 75.9. The number of nitrogens with one attached hydrogen (secondary N) is 3. The van der Waals surface area contributed by atoms with Crippen LogP contribution >= 0.6 is 0 Å². The number of guanidine groups is 1. The smallest absolute Gasteiger partial charge is 0.326 e. The van der Waals surface area contributed by atoms with Gasteiger partial charge in [-0.25, -0.2) is 4.79 Å². The molecule has 4 atom stereocenters. The molecule has 0 aliphatic rings. The van der Waals surface area contributed by atoms with Gasteiger partial charge in [0.1, 0.15) is 18.1 Å². The fraction of sp³-hybridized carbons (Fsp3) is 0.667. The summed E-state index contributed by atoms with van der Waals surface area (Å²) < 4.78 is 0. The van der Waals surface area contributed by atoms with Gasteiger partial charge in [-0.3, -0.25) is 29.0 Å². The summed E-state index contributed by atoms with van der Waals surface area (Å²) in [7, 11) is 0. The molecule has 0 saturated heterocycles. The maximum Gasteiger partial charge on any atom is 0.326 e. The highest BCUT2D eigenvalue weighted by Crippen LogP contribution is 2.07. The zero-order valence-corrected chi connectivity index (χ0v) is 21.1. The Morgan fingerprint density at radius 3 is 1.73 bits per heavy atom. The van der Waals surface area contributed by atoms with Gasteiger partial charge in [0, 0.05) is 19.4 Å². The van der Waals surface area contributed by atoms with Crippen molar-refractivity contribution in [1.29, 1.82) is 0 Å². The van der Waals surface area contributed by atoms with E-state index in [0.717, 1.165) is 0 Å².